The number of hydrogen-bond donors (Lipinski definition) is 0. The fourth-order valence-electron chi connectivity index (χ4n) is 4.19. The summed E-state index contributed by atoms with van der Waals surface area (Å²) in [5, 5.41) is 0. The molecule has 4 rings (SSSR count). The molecule has 0 spiro atoms. The van der Waals surface area contributed by atoms with Gasteiger partial charge in [0.15, 0.2) is 17.3 Å². The molecule has 1 unspecified atom stereocenters. The van der Waals surface area contributed by atoms with Crippen LogP contribution in [-0.2, 0) is 9.53 Å². The summed E-state index contributed by atoms with van der Waals surface area (Å²) in [6.07, 6.45) is 0. The number of nitrogens with zero attached hydrogens (tertiary/aromatic N) is 1. The minimum atomic E-state index is -0.699. The summed E-state index contributed by atoms with van der Waals surface area (Å²) in [6.45, 7) is 1.80. The Morgan fingerprint density at radius 2 is 1.66 bits per heavy atom. The normalized spacial score (nSPS) is 20.0. The Balaban J connectivity index is 1.95. The van der Waals surface area contributed by atoms with E-state index >= 15 is 0 Å². The summed E-state index contributed by atoms with van der Waals surface area (Å²) in [6, 6.07) is 12.8. The van der Waals surface area contributed by atoms with Crippen LogP contribution in [0.25, 0.3) is 5.70 Å². The van der Waals surface area contributed by atoms with Crippen LogP contribution in [0.1, 0.15) is 34.3 Å². The zero-order valence-corrected chi connectivity index (χ0v) is 16.7. The van der Waals surface area contributed by atoms with E-state index in [0.29, 0.717) is 34.0 Å². The lowest BCUT2D eigenvalue weighted by molar-refractivity contribution is -0.143. The van der Waals surface area contributed by atoms with E-state index < -0.39 is 17.8 Å². The second kappa shape index (κ2) is 7.20. The molecule has 0 fully saturated rings. The third-order valence-corrected chi connectivity index (χ3v) is 5.53. The van der Waals surface area contributed by atoms with Crippen molar-refractivity contribution in [3.63, 3.8) is 0 Å². The zero-order chi connectivity index (χ0) is 20.7. The molecule has 1 heterocycles. The van der Waals surface area contributed by atoms with E-state index in [4.69, 9.17) is 14.2 Å². The summed E-state index contributed by atoms with van der Waals surface area (Å²) in [5.41, 5.74) is 3.91. The maximum atomic E-state index is 13.3. The van der Waals surface area contributed by atoms with E-state index in [0.717, 1.165) is 11.1 Å². The highest BCUT2D eigenvalue weighted by atomic mass is 16.5. The molecule has 0 aromatic heterocycles. The molecule has 0 bridgehead atoms. The molecular weight excluding hydrogens is 370 g/mol. The molecule has 2 aromatic carbocycles. The summed E-state index contributed by atoms with van der Waals surface area (Å²) < 4.78 is 15.8. The molecule has 1 aliphatic carbocycles. The molecule has 0 saturated carbocycles. The van der Waals surface area contributed by atoms with E-state index in [1.54, 1.807) is 39.3 Å². The first kappa shape index (κ1) is 18.9. The van der Waals surface area contributed by atoms with Crippen LogP contribution < -0.4 is 9.47 Å². The van der Waals surface area contributed by atoms with E-state index in [9.17, 15) is 9.59 Å². The highest BCUT2D eigenvalue weighted by Crippen LogP contribution is 2.49. The Morgan fingerprint density at radius 1 is 0.966 bits per heavy atom. The number of benzene rings is 2. The standard InChI is InChI=1S/C23H21NO5/c1-12-18(23(26)29-4)19(13-9-10-16(27-2)17(11-13)28-3)20-21(24-12)14-7-5-6-8-15(14)22(20)25/h5-11,18-19H,1-4H3/t18?,19-/m0/s1. The van der Waals surface area contributed by atoms with Crippen molar-refractivity contribution in [2.45, 2.75) is 12.8 Å². The number of allylic oxidation sites excluding steroid dienone is 1. The van der Waals surface area contributed by atoms with Gasteiger partial charge in [-0.3, -0.25) is 14.6 Å². The smallest absolute Gasteiger partial charge is 0.315 e. The van der Waals surface area contributed by atoms with Gasteiger partial charge in [0.2, 0.25) is 0 Å². The van der Waals surface area contributed by atoms with Crippen LogP contribution in [0.4, 0.5) is 0 Å². The van der Waals surface area contributed by atoms with Gasteiger partial charge in [-0.05, 0) is 24.6 Å². The number of methoxy groups -OCH3 is 3. The number of ether oxygens (including phenoxy) is 3. The molecule has 6 nitrogen and oxygen atoms in total. The number of ketones is 1. The SMILES string of the molecule is COC(=O)C1C(C)=NC2=C(C(=O)c3ccccc32)[C@H]1c1ccc(OC)c(OC)c1. The summed E-state index contributed by atoms with van der Waals surface area (Å²) in [5.74, 6) is -0.673. The predicted molar refractivity (Wildman–Crippen MR) is 109 cm³/mol. The lowest BCUT2D eigenvalue weighted by atomic mass is 9.75. The Morgan fingerprint density at radius 3 is 2.31 bits per heavy atom. The van der Waals surface area contributed by atoms with Crippen LogP contribution in [0, 0.1) is 5.92 Å². The Labute approximate surface area is 168 Å². The quantitative estimate of drug-likeness (QED) is 0.744. The van der Waals surface area contributed by atoms with Crippen molar-refractivity contribution >= 4 is 23.2 Å². The molecule has 29 heavy (non-hydrogen) atoms. The molecule has 0 amide bonds. The predicted octanol–water partition coefficient (Wildman–Crippen LogP) is 3.66. The molecular formula is C23H21NO5. The average Bonchev–Trinajstić information content (AvgIpc) is 3.03. The number of aliphatic imine (C=N–C) groups is 1. The highest BCUT2D eigenvalue weighted by Gasteiger charge is 2.46. The van der Waals surface area contributed by atoms with Gasteiger partial charge in [-0.25, -0.2) is 0 Å². The molecule has 1 aliphatic heterocycles. The highest BCUT2D eigenvalue weighted by molar-refractivity contribution is 6.24. The van der Waals surface area contributed by atoms with Crippen molar-refractivity contribution in [3.8, 4) is 11.5 Å². The maximum absolute atomic E-state index is 13.3. The van der Waals surface area contributed by atoms with Crippen molar-refractivity contribution in [3.05, 3.63) is 64.7 Å². The third kappa shape index (κ3) is 2.83. The molecule has 2 aliphatic rings. The number of rotatable bonds is 4. The minimum absolute atomic E-state index is 0.111. The molecule has 2 aromatic rings. The van der Waals surface area contributed by atoms with Gasteiger partial charge in [0.25, 0.3) is 0 Å². The minimum Gasteiger partial charge on any atom is -0.493 e. The third-order valence-electron chi connectivity index (χ3n) is 5.53. The Kier molecular flexibility index (Phi) is 4.70. The average molecular weight is 391 g/mol. The van der Waals surface area contributed by atoms with Gasteiger partial charge < -0.3 is 14.2 Å². The summed E-state index contributed by atoms with van der Waals surface area (Å²) in [4.78, 5) is 30.7. The van der Waals surface area contributed by atoms with Crippen molar-refractivity contribution in [2.24, 2.45) is 10.9 Å². The van der Waals surface area contributed by atoms with Crippen LogP contribution >= 0.6 is 0 Å². The molecule has 148 valence electrons. The van der Waals surface area contributed by atoms with E-state index in [1.807, 2.05) is 24.3 Å². The van der Waals surface area contributed by atoms with Crippen LogP contribution in [0.3, 0.4) is 0 Å². The monoisotopic (exact) mass is 391 g/mol. The topological polar surface area (TPSA) is 74.2 Å². The number of carbonyl (C=O) groups is 2. The number of Topliss-reactive ketones (excluding diaryl/α,β-unsaturated/α-hetero) is 1. The molecule has 0 radical (unpaired) electrons. The second-order valence-corrected chi connectivity index (χ2v) is 6.98. The zero-order valence-electron chi connectivity index (χ0n) is 16.7. The van der Waals surface area contributed by atoms with Crippen LogP contribution in [-0.4, -0.2) is 38.8 Å². The van der Waals surface area contributed by atoms with Gasteiger partial charge in [-0.15, -0.1) is 0 Å². The maximum Gasteiger partial charge on any atom is 0.315 e. The van der Waals surface area contributed by atoms with Crippen LogP contribution in [0.5, 0.6) is 11.5 Å². The largest absolute Gasteiger partial charge is 0.493 e. The molecule has 0 N–H and O–H groups in total. The number of esters is 1. The molecule has 2 atom stereocenters. The first-order valence-electron chi connectivity index (χ1n) is 9.25. The molecule has 0 saturated heterocycles. The Hall–Kier alpha value is -3.41. The van der Waals surface area contributed by atoms with E-state index in [-0.39, 0.29) is 5.78 Å². The second-order valence-electron chi connectivity index (χ2n) is 6.98. The van der Waals surface area contributed by atoms with Gasteiger partial charge in [0.1, 0.15) is 5.92 Å². The fourth-order valence-corrected chi connectivity index (χ4v) is 4.19. The first-order valence-corrected chi connectivity index (χ1v) is 9.25. The van der Waals surface area contributed by atoms with Crippen LogP contribution in [0.15, 0.2) is 53.0 Å². The van der Waals surface area contributed by atoms with Crippen molar-refractivity contribution in [1.82, 2.24) is 0 Å². The summed E-state index contributed by atoms with van der Waals surface area (Å²) >= 11 is 0. The van der Waals surface area contributed by atoms with Gasteiger partial charge >= 0.3 is 5.97 Å². The lowest BCUT2D eigenvalue weighted by Crippen LogP contribution is -2.34. The first-order chi connectivity index (χ1) is 14.0. The van der Waals surface area contributed by atoms with E-state index in [1.165, 1.54) is 7.11 Å². The van der Waals surface area contributed by atoms with E-state index in [2.05, 4.69) is 4.99 Å². The van der Waals surface area contributed by atoms with Gasteiger partial charge in [-0.1, -0.05) is 30.3 Å². The van der Waals surface area contributed by atoms with Crippen molar-refractivity contribution in [2.75, 3.05) is 21.3 Å². The number of hydrogen-bond acceptors (Lipinski definition) is 6. The summed E-state index contributed by atoms with van der Waals surface area (Å²) in [7, 11) is 4.45. The molecule has 6 heteroatoms. The fraction of sp³-hybridized carbons (Fsp3) is 0.261. The van der Waals surface area contributed by atoms with Gasteiger partial charge in [0.05, 0.1) is 27.0 Å². The number of carbonyl (C=O) groups excluding carboxylic acids is 2. The lowest BCUT2D eigenvalue weighted by Gasteiger charge is -2.30. The number of fused-ring (bicyclic) bond motifs is 2. The Bertz CT molecular complexity index is 1080. The van der Waals surface area contributed by atoms with Crippen LogP contribution in [0.2, 0.25) is 0 Å². The van der Waals surface area contributed by atoms with Gasteiger partial charge in [0, 0.05) is 28.3 Å². The van der Waals surface area contributed by atoms with Gasteiger partial charge in [-0.2, -0.15) is 0 Å². The van der Waals surface area contributed by atoms with Crippen molar-refractivity contribution < 1.29 is 23.8 Å². The van der Waals surface area contributed by atoms with Crippen molar-refractivity contribution in [1.29, 1.82) is 0 Å².